The van der Waals surface area contributed by atoms with Crippen LogP contribution in [-0.4, -0.2) is 41.2 Å². The molecule has 1 aromatic heterocycles. The van der Waals surface area contributed by atoms with Gasteiger partial charge in [0.25, 0.3) is 0 Å². The fraction of sp³-hybridized carbons (Fsp3) is 0.357. The van der Waals surface area contributed by atoms with Crippen LogP contribution in [0.25, 0.3) is 11.0 Å². The number of ether oxygens (including phenoxy) is 1. The van der Waals surface area contributed by atoms with Crippen molar-refractivity contribution in [2.45, 2.75) is 18.9 Å². The molecule has 1 fully saturated rings. The molecule has 0 aliphatic carbocycles. The van der Waals surface area contributed by atoms with Gasteiger partial charge >= 0.3 is 6.09 Å². The molecule has 8 heteroatoms. The molecule has 1 unspecified atom stereocenters. The van der Waals surface area contributed by atoms with Gasteiger partial charge in [-0.2, -0.15) is 0 Å². The van der Waals surface area contributed by atoms with Crippen LogP contribution in [0.1, 0.15) is 12.2 Å². The first-order valence-corrected chi connectivity index (χ1v) is 7.35. The van der Waals surface area contributed by atoms with Crippen LogP contribution >= 0.6 is 11.6 Å². The maximum atomic E-state index is 11.7. The Bertz CT molecular complexity index is 715. The molecule has 2 heterocycles. The maximum absolute atomic E-state index is 11.7. The molecule has 2 aromatic rings. The van der Waals surface area contributed by atoms with Crippen LogP contribution in [0.4, 0.5) is 4.79 Å². The van der Waals surface area contributed by atoms with Crippen molar-refractivity contribution in [1.82, 2.24) is 20.6 Å². The van der Waals surface area contributed by atoms with E-state index < -0.39 is 12.1 Å². The van der Waals surface area contributed by atoms with E-state index in [0.29, 0.717) is 18.0 Å². The van der Waals surface area contributed by atoms with Gasteiger partial charge < -0.3 is 20.4 Å². The van der Waals surface area contributed by atoms with Gasteiger partial charge in [-0.15, -0.1) is 0 Å². The number of H-pyrrole nitrogens is 1. The van der Waals surface area contributed by atoms with Gasteiger partial charge in [-0.25, -0.2) is 9.78 Å². The molecule has 1 aliphatic heterocycles. The number of rotatable bonds is 5. The van der Waals surface area contributed by atoms with E-state index in [9.17, 15) is 9.59 Å². The molecule has 3 N–H and O–H groups in total. The Balaban J connectivity index is 1.46. The number of benzene rings is 1. The number of hydrogen-bond donors (Lipinski definition) is 3. The van der Waals surface area contributed by atoms with Crippen molar-refractivity contribution in [2.75, 3.05) is 13.2 Å². The Morgan fingerprint density at radius 1 is 1.50 bits per heavy atom. The fourth-order valence-corrected chi connectivity index (χ4v) is 2.44. The number of aromatic amines is 1. The monoisotopic (exact) mass is 322 g/mol. The van der Waals surface area contributed by atoms with Crippen LogP contribution in [0.15, 0.2) is 18.2 Å². The van der Waals surface area contributed by atoms with Gasteiger partial charge in [-0.1, -0.05) is 11.6 Å². The summed E-state index contributed by atoms with van der Waals surface area (Å²) < 4.78 is 4.67. The van der Waals surface area contributed by atoms with E-state index in [1.54, 1.807) is 6.07 Å². The number of halogens is 1. The summed E-state index contributed by atoms with van der Waals surface area (Å²) in [6.45, 7) is 0.581. The Hall–Kier alpha value is -2.28. The Morgan fingerprint density at radius 2 is 2.36 bits per heavy atom. The third-order valence-electron chi connectivity index (χ3n) is 3.37. The zero-order valence-corrected chi connectivity index (χ0v) is 12.4. The average Bonchev–Trinajstić information content (AvgIpc) is 3.08. The second kappa shape index (κ2) is 6.23. The number of imidazole rings is 1. The van der Waals surface area contributed by atoms with Crippen LogP contribution in [-0.2, 0) is 16.0 Å². The molecule has 1 aliphatic rings. The lowest BCUT2D eigenvalue weighted by molar-refractivity contribution is -0.122. The molecule has 2 amide bonds. The van der Waals surface area contributed by atoms with Gasteiger partial charge in [0, 0.05) is 18.0 Å². The minimum absolute atomic E-state index is 0.0784. The standard InChI is InChI=1S/C14H15ClN4O3/c15-8-3-4-9-10(6-8)18-12(17-9)2-1-5-16-13(20)11-7-22-14(21)19-11/h3-4,6,11H,1-2,5,7H2,(H,16,20)(H,17,18)(H,19,21). The summed E-state index contributed by atoms with van der Waals surface area (Å²) in [5.41, 5.74) is 1.77. The van der Waals surface area contributed by atoms with Crippen LogP contribution in [0.5, 0.6) is 0 Å². The number of aromatic nitrogens is 2. The highest BCUT2D eigenvalue weighted by atomic mass is 35.5. The van der Waals surface area contributed by atoms with Crippen molar-refractivity contribution in [2.24, 2.45) is 0 Å². The third-order valence-corrected chi connectivity index (χ3v) is 3.61. The fourth-order valence-electron chi connectivity index (χ4n) is 2.27. The van der Waals surface area contributed by atoms with Gasteiger partial charge in [-0.3, -0.25) is 4.79 Å². The zero-order chi connectivity index (χ0) is 15.5. The van der Waals surface area contributed by atoms with E-state index in [-0.39, 0.29) is 12.5 Å². The third kappa shape index (κ3) is 3.30. The summed E-state index contributed by atoms with van der Waals surface area (Å²) in [7, 11) is 0. The topological polar surface area (TPSA) is 96.1 Å². The molecule has 0 spiro atoms. The number of cyclic esters (lactones) is 1. The van der Waals surface area contributed by atoms with E-state index in [0.717, 1.165) is 23.3 Å². The number of alkyl carbamates (subject to hydrolysis) is 1. The SMILES string of the molecule is O=C1NC(C(=O)NCCCc2nc3ccc(Cl)cc3[nH]2)CO1. The summed E-state index contributed by atoms with van der Waals surface area (Å²) in [5, 5.41) is 5.86. The number of carbonyl (C=O) groups is 2. The first kappa shape index (κ1) is 14.6. The molecular formula is C14H15ClN4O3. The predicted molar refractivity (Wildman–Crippen MR) is 80.7 cm³/mol. The van der Waals surface area contributed by atoms with Crippen molar-refractivity contribution in [3.8, 4) is 0 Å². The first-order chi connectivity index (χ1) is 10.6. The number of hydrogen-bond acceptors (Lipinski definition) is 4. The lowest BCUT2D eigenvalue weighted by atomic mass is 10.2. The van der Waals surface area contributed by atoms with E-state index in [2.05, 4.69) is 25.3 Å². The van der Waals surface area contributed by atoms with Crippen molar-refractivity contribution in [3.63, 3.8) is 0 Å². The van der Waals surface area contributed by atoms with E-state index in [4.69, 9.17) is 11.6 Å². The van der Waals surface area contributed by atoms with Crippen LogP contribution < -0.4 is 10.6 Å². The largest absolute Gasteiger partial charge is 0.447 e. The molecular weight excluding hydrogens is 308 g/mol. The first-order valence-electron chi connectivity index (χ1n) is 6.97. The van der Waals surface area contributed by atoms with Gasteiger partial charge in [0.2, 0.25) is 5.91 Å². The van der Waals surface area contributed by atoms with Crippen molar-refractivity contribution in [3.05, 3.63) is 29.0 Å². The van der Waals surface area contributed by atoms with Crippen molar-refractivity contribution < 1.29 is 14.3 Å². The highest BCUT2D eigenvalue weighted by Gasteiger charge is 2.28. The smallest absolute Gasteiger partial charge is 0.407 e. The Labute approximate surface area is 131 Å². The quantitative estimate of drug-likeness (QED) is 0.724. The predicted octanol–water partition coefficient (Wildman–Crippen LogP) is 1.37. The summed E-state index contributed by atoms with van der Waals surface area (Å²) in [6, 6.07) is 4.90. The van der Waals surface area contributed by atoms with Gasteiger partial charge in [0.1, 0.15) is 18.5 Å². The number of nitrogens with zero attached hydrogens (tertiary/aromatic N) is 1. The van der Waals surface area contributed by atoms with Gasteiger partial charge in [0.05, 0.1) is 11.0 Å². The molecule has 22 heavy (non-hydrogen) atoms. The molecule has 7 nitrogen and oxygen atoms in total. The summed E-state index contributed by atoms with van der Waals surface area (Å²) in [6.07, 6.45) is 0.891. The van der Waals surface area contributed by atoms with Gasteiger partial charge in [0.15, 0.2) is 0 Å². The van der Waals surface area contributed by atoms with Crippen LogP contribution in [0.2, 0.25) is 5.02 Å². The number of carbonyl (C=O) groups excluding carboxylic acids is 2. The lowest BCUT2D eigenvalue weighted by Gasteiger charge is -2.08. The minimum Gasteiger partial charge on any atom is -0.447 e. The summed E-state index contributed by atoms with van der Waals surface area (Å²) >= 11 is 5.93. The second-order valence-electron chi connectivity index (χ2n) is 5.03. The Kier molecular flexibility index (Phi) is 4.15. The van der Waals surface area contributed by atoms with E-state index >= 15 is 0 Å². The highest BCUT2D eigenvalue weighted by Crippen LogP contribution is 2.17. The number of nitrogens with one attached hydrogen (secondary N) is 3. The number of fused-ring (bicyclic) bond motifs is 1. The number of aryl methyl sites for hydroxylation is 1. The van der Waals surface area contributed by atoms with Crippen molar-refractivity contribution in [1.29, 1.82) is 0 Å². The lowest BCUT2D eigenvalue weighted by Crippen LogP contribution is -2.43. The van der Waals surface area contributed by atoms with E-state index in [1.807, 2.05) is 12.1 Å². The molecule has 1 saturated heterocycles. The summed E-state index contributed by atoms with van der Waals surface area (Å²) in [5.74, 6) is 0.617. The molecule has 0 radical (unpaired) electrons. The van der Waals surface area contributed by atoms with Crippen molar-refractivity contribution >= 4 is 34.6 Å². The molecule has 116 valence electrons. The molecule has 3 rings (SSSR count). The van der Waals surface area contributed by atoms with Crippen LogP contribution in [0.3, 0.4) is 0 Å². The van der Waals surface area contributed by atoms with Gasteiger partial charge in [-0.05, 0) is 24.6 Å². The molecule has 0 bridgehead atoms. The molecule has 0 saturated carbocycles. The normalized spacial score (nSPS) is 17.3. The summed E-state index contributed by atoms with van der Waals surface area (Å²) in [4.78, 5) is 30.2. The number of amides is 2. The second-order valence-corrected chi connectivity index (χ2v) is 5.47. The highest BCUT2D eigenvalue weighted by molar-refractivity contribution is 6.31. The van der Waals surface area contributed by atoms with E-state index in [1.165, 1.54) is 0 Å². The average molecular weight is 323 g/mol. The van der Waals surface area contributed by atoms with Crippen LogP contribution in [0, 0.1) is 0 Å². The zero-order valence-electron chi connectivity index (χ0n) is 11.7. The molecule has 1 atom stereocenters. The molecule has 1 aromatic carbocycles. The maximum Gasteiger partial charge on any atom is 0.407 e. The Morgan fingerprint density at radius 3 is 3.14 bits per heavy atom. The minimum atomic E-state index is -0.596.